The lowest BCUT2D eigenvalue weighted by Gasteiger charge is -2.34. The van der Waals surface area contributed by atoms with Crippen LogP contribution in [0, 0.1) is 0 Å². The predicted octanol–water partition coefficient (Wildman–Crippen LogP) is 4.39. The van der Waals surface area contributed by atoms with E-state index in [2.05, 4.69) is 10.2 Å². The van der Waals surface area contributed by atoms with Crippen molar-refractivity contribution >= 4 is 46.2 Å². The summed E-state index contributed by atoms with van der Waals surface area (Å²) in [5.41, 5.74) is 3.55. The number of fused-ring (bicyclic) bond motifs is 1. The molecule has 6 nitrogen and oxygen atoms in total. The molecular weight excluding hydrogens is 420 g/mol. The van der Waals surface area contributed by atoms with Crippen molar-refractivity contribution in [2.24, 2.45) is 0 Å². The molecule has 2 amide bonds. The fraction of sp³-hybridized carbons (Fsp3) is 0.160. The van der Waals surface area contributed by atoms with Gasteiger partial charge in [0.15, 0.2) is 0 Å². The van der Waals surface area contributed by atoms with Gasteiger partial charge in [0.2, 0.25) is 0 Å². The molecular formula is C25H22N4O2S. The summed E-state index contributed by atoms with van der Waals surface area (Å²) in [6.45, 7) is 2.20. The molecule has 1 aliphatic heterocycles. The smallest absolute Gasteiger partial charge is 0.264 e. The fourth-order valence-corrected chi connectivity index (χ4v) is 4.57. The van der Waals surface area contributed by atoms with Crippen molar-refractivity contribution in [1.29, 1.82) is 0 Å². The number of piperazine rings is 1. The SMILES string of the molecule is O=C(c1ccc(/C=C/c2n[nH]c3ccccc23)cc1)N1CCN(C(=O)c2cccs2)CC1. The summed E-state index contributed by atoms with van der Waals surface area (Å²) in [6.07, 6.45) is 3.96. The summed E-state index contributed by atoms with van der Waals surface area (Å²) in [4.78, 5) is 29.8. The van der Waals surface area contributed by atoms with Gasteiger partial charge < -0.3 is 9.80 Å². The molecule has 1 aliphatic rings. The molecule has 0 radical (unpaired) electrons. The zero-order valence-electron chi connectivity index (χ0n) is 17.4. The summed E-state index contributed by atoms with van der Waals surface area (Å²) < 4.78 is 0. The number of thiophene rings is 1. The summed E-state index contributed by atoms with van der Waals surface area (Å²) in [5.74, 6) is 0.0509. The Hall–Kier alpha value is -3.71. The van der Waals surface area contributed by atoms with E-state index in [0.717, 1.165) is 27.0 Å². The number of nitrogens with one attached hydrogen (secondary N) is 1. The lowest BCUT2D eigenvalue weighted by Crippen LogP contribution is -2.50. The van der Waals surface area contributed by atoms with E-state index in [9.17, 15) is 9.59 Å². The Morgan fingerprint density at radius 2 is 1.56 bits per heavy atom. The number of rotatable bonds is 4. The number of carbonyl (C=O) groups excluding carboxylic acids is 2. The number of carbonyl (C=O) groups is 2. The molecule has 0 saturated carbocycles. The quantitative estimate of drug-likeness (QED) is 0.510. The first-order valence-electron chi connectivity index (χ1n) is 10.5. The van der Waals surface area contributed by atoms with Crippen molar-refractivity contribution in [2.45, 2.75) is 0 Å². The second-order valence-corrected chi connectivity index (χ2v) is 8.62. The molecule has 7 heteroatoms. The van der Waals surface area contributed by atoms with E-state index in [1.54, 1.807) is 0 Å². The van der Waals surface area contributed by atoms with Crippen LogP contribution >= 0.6 is 11.3 Å². The molecule has 0 aliphatic carbocycles. The van der Waals surface area contributed by atoms with E-state index in [0.29, 0.717) is 31.7 Å². The lowest BCUT2D eigenvalue weighted by molar-refractivity contribution is 0.0538. The molecule has 4 aromatic rings. The summed E-state index contributed by atoms with van der Waals surface area (Å²) in [7, 11) is 0. The van der Waals surface area contributed by atoms with Gasteiger partial charge in [-0.15, -0.1) is 11.3 Å². The minimum Gasteiger partial charge on any atom is -0.335 e. The van der Waals surface area contributed by atoms with Gasteiger partial charge in [0, 0.05) is 37.1 Å². The number of amides is 2. The molecule has 1 saturated heterocycles. The zero-order chi connectivity index (χ0) is 21.9. The van der Waals surface area contributed by atoms with Crippen LogP contribution in [0.1, 0.15) is 31.3 Å². The Kier molecular flexibility index (Phi) is 5.56. The number of H-pyrrole nitrogens is 1. The van der Waals surface area contributed by atoms with Crippen molar-refractivity contribution in [3.63, 3.8) is 0 Å². The van der Waals surface area contributed by atoms with Crippen LogP contribution in [0.25, 0.3) is 23.1 Å². The molecule has 1 fully saturated rings. The predicted molar refractivity (Wildman–Crippen MR) is 128 cm³/mol. The number of aromatic amines is 1. The van der Waals surface area contributed by atoms with Gasteiger partial charge in [-0.25, -0.2) is 0 Å². The molecule has 32 heavy (non-hydrogen) atoms. The van der Waals surface area contributed by atoms with E-state index in [1.165, 1.54) is 11.3 Å². The largest absolute Gasteiger partial charge is 0.335 e. The first-order chi connectivity index (χ1) is 15.7. The van der Waals surface area contributed by atoms with Crippen LogP contribution in [0.4, 0.5) is 0 Å². The maximum absolute atomic E-state index is 12.9. The number of benzene rings is 2. The Morgan fingerprint density at radius 1 is 0.844 bits per heavy atom. The molecule has 0 spiro atoms. The molecule has 5 rings (SSSR count). The van der Waals surface area contributed by atoms with Crippen molar-refractivity contribution in [3.05, 3.63) is 87.7 Å². The molecule has 0 atom stereocenters. The third-order valence-corrected chi connectivity index (χ3v) is 6.54. The number of nitrogens with zero attached hydrogens (tertiary/aromatic N) is 3. The summed E-state index contributed by atoms with van der Waals surface area (Å²) in [6, 6.07) is 19.3. The number of para-hydroxylation sites is 1. The van der Waals surface area contributed by atoms with E-state index >= 15 is 0 Å². The van der Waals surface area contributed by atoms with Crippen LogP contribution in [-0.4, -0.2) is 58.0 Å². The molecule has 2 aromatic carbocycles. The van der Waals surface area contributed by atoms with Gasteiger partial charge in [-0.3, -0.25) is 14.7 Å². The topological polar surface area (TPSA) is 69.3 Å². The average Bonchev–Trinajstić information content (AvgIpc) is 3.53. The van der Waals surface area contributed by atoms with E-state index in [4.69, 9.17) is 0 Å². The normalized spacial score (nSPS) is 14.4. The highest BCUT2D eigenvalue weighted by atomic mass is 32.1. The average molecular weight is 443 g/mol. The van der Waals surface area contributed by atoms with Crippen molar-refractivity contribution in [3.8, 4) is 0 Å². The first kappa shape index (κ1) is 20.2. The molecule has 2 aromatic heterocycles. The lowest BCUT2D eigenvalue weighted by atomic mass is 10.1. The Bertz CT molecular complexity index is 1270. The van der Waals surface area contributed by atoms with Crippen LogP contribution in [0.15, 0.2) is 66.0 Å². The van der Waals surface area contributed by atoms with Crippen molar-refractivity contribution in [1.82, 2.24) is 20.0 Å². The minimum atomic E-state index is 0.00190. The Labute approximate surface area is 189 Å². The third-order valence-electron chi connectivity index (χ3n) is 5.68. The standard InChI is InChI=1S/C25H22N4O2S/c30-24(28-13-15-29(16-14-28)25(31)23-6-3-17-32-23)19-10-7-18(8-11-19)9-12-22-20-4-1-2-5-21(20)26-27-22/h1-12,17H,13-16H2,(H,26,27)/b12-9+. The minimum absolute atomic E-state index is 0.00190. The van der Waals surface area contributed by atoms with Crippen LogP contribution in [0.5, 0.6) is 0 Å². The Morgan fingerprint density at radius 3 is 2.28 bits per heavy atom. The molecule has 0 bridgehead atoms. The van der Waals surface area contributed by atoms with E-state index in [1.807, 2.05) is 88.0 Å². The van der Waals surface area contributed by atoms with Crippen LogP contribution in [0.3, 0.4) is 0 Å². The molecule has 3 heterocycles. The fourth-order valence-electron chi connectivity index (χ4n) is 3.87. The second kappa shape index (κ2) is 8.80. The maximum atomic E-state index is 12.9. The molecule has 0 unspecified atom stereocenters. The third kappa shape index (κ3) is 4.07. The van der Waals surface area contributed by atoms with Gasteiger partial charge in [-0.05, 0) is 41.3 Å². The van der Waals surface area contributed by atoms with Gasteiger partial charge in [0.1, 0.15) is 0 Å². The van der Waals surface area contributed by atoms with Crippen LogP contribution in [0.2, 0.25) is 0 Å². The highest BCUT2D eigenvalue weighted by Crippen LogP contribution is 2.19. The highest BCUT2D eigenvalue weighted by molar-refractivity contribution is 7.12. The van der Waals surface area contributed by atoms with Crippen LogP contribution < -0.4 is 0 Å². The van der Waals surface area contributed by atoms with Gasteiger partial charge in [0.05, 0.1) is 16.1 Å². The van der Waals surface area contributed by atoms with Gasteiger partial charge in [-0.2, -0.15) is 5.10 Å². The Balaban J connectivity index is 1.21. The molecule has 1 N–H and O–H groups in total. The number of aromatic nitrogens is 2. The monoisotopic (exact) mass is 442 g/mol. The van der Waals surface area contributed by atoms with Crippen LogP contribution in [-0.2, 0) is 0 Å². The summed E-state index contributed by atoms with van der Waals surface area (Å²) >= 11 is 1.45. The van der Waals surface area contributed by atoms with Crippen molar-refractivity contribution < 1.29 is 9.59 Å². The van der Waals surface area contributed by atoms with E-state index in [-0.39, 0.29) is 11.8 Å². The van der Waals surface area contributed by atoms with Gasteiger partial charge in [-0.1, -0.05) is 42.5 Å². The maximum Gasteiger partial charge on any atom is 0.264 e. The van der Waals surface area contributed by atoms with E-state index < -0.39 is 0 Å². The first-order valence-corrected chi connectivity index (χ1v) is 11.4. The summed E-state index contributed by atoms with van der Waals surface area (Å²) in [5, 5.41) is 10.4. The van der Waals surface area contributed by atoms with Gasteiger partial charge in [0.25, 0.3) is 11.8 Å². The second-order valence-electron chi connectivity index (χ2n) is 7.67. The number of hydrogen-bond donors (Lipinski definition) is 1. The molecule has 160 valence electrons. The van der Waals surface area contributed by atoms with Gasteiger partial charge >= 0.3 is 0 Å². The van der Waals surface area contributed by atoms with Crippen molar-refractivity contribution in [2.75, 3.05) is 26.2 Å². The highest BCUT2D eigenvalue weighted by Gasteiger charge is 2.25. The number of hydrogen-bond acceptors (Lipinski definition) is 4. The zero-order valence-corrected chi connectivity index (χ0v) is 18.2.